The zero-order valence-electron chi connectivity index (χ0n) is 18.1. The molecule has 9 heteroatoms. The van der Waals surface area contributed by atoms with E-state index in [9.17, 15) is 14.4 Å². The van der Waals surface area contributed by atoms with Gasteiger partial charge in [0.25, 0.3) is 11.8 Å². The molecule has 3 amide bonds. The van der Waals surface area contributed by atoms with Gasteiger partial charge in [-0.2, -0.15) is 4.37 Å². The third-order valence-corrected chi connectivity index (χ3v) is 5.93. The smallest absolute Gasteiger partial charge is 0.272 e. The lowest BCUT2D eigenvalue weighted by molar-refractivity contribution is -0.122. The Bertz CT molecular complexity index is 1160. The monoisotopic (exact) mass is 451 g/mol. The number of hydrogen-bond donors (Lipinski definition) is 3. The molecule has 166 valence electrons. The summed E-state index contributed by atoms with van der Waals surface area (Å²) < 4.78 is 3.93. The van der Waals surface area contributed by atoms with E-state index in [0.717, 1.165) is 28.2 Å². The second kappa shape index (κ2) is 9.61. The van der Waals surface area contributed by atoms with E-state index >= 15 is 0 Å². The summed E-state index contributed by atoms with van der Waals surface area (Å²) in [6.07, 6.45) is 0. The molecule has 8 nitrogen and oxygen atoms in total. The van der Waals surface area contributed by atoms with Crippen LogP contribution in [-0.4, -0.2) is 28.1 Å². The average molecular weight is 452 g/mol. The van der Waals surface area contributed by atoms with Gasteiger partial charge in [-0.25, -0.2) is 0 Å². The van der Waals surface area contributed by atoms with Crippen molar-refractivity contribution in [1.29, 1.82) is 0 Å². The quantitative estimate of drug-likeness (QED) is 0.508. The van der Waals surface area contributed by atoms with Crippen LogP contribution in [0.1, 0.15) is 43.8 Å². The topological polar surface area (TPSA) is 131 Å². The van der Waals surface area contributed by atoms with Crippen LogP contribution in [-0.2, 0) is 11.3 Å². The third-order valence-electron chi connectivity index (χ3n) is 5.07. The molecule has 0 aliphatic heterocycles. The fraction of sp³-hybridized carbons (Fsp3) is 0.217. The van der Waals surface area contributed by atoms with Gasteiger partial charge in [0.05, 0.1) is 5.69 Å². The van der Waals surface area contributed by atoms with E-state index in [4.69, 9.17) is 11.5 Å². The molecule has 0 bridgehead atoms. The highest BCUT2D eigenvalue weighted by atomic mass is 32.1. The van der Waals surface area contributed by atoms with Gasteiger partial charge in [0.15, 0.2) is 5.69 Å². The first-order chi connectivity index (χ1) is 15.2. The summed E-state index contributed by atoms with van der Waals surface area (Å²) in [6, 6.07) is 14.3. The normalized spacial score (nSPS) is 11.6. The van der Waals surface area contributed by atoms with Gasteiger partial charge in [0.1, 0.15) is 10.9 Å². The minimum atomic E-state index is -0.856. The SMILES string of the molecule is Cc1ccc(C)c(N(C(=O)c2snc(C(N)=O)c2N)C(C)C(=O)NCc2ccccc2)c1. The van der Waals surface area contributed by atoms with Crippen LogP contribution in [0.2, 0.25) is 0 Å². The molecule has 32 heavy (non-hydrogen) atoms. The van der Waals surface area contributed by atoms with E-state index in [1.165, 1.54) is 4.90 Å². The van der Waals surface area contributed by atoms with E-state index in [1.54, 1.807) is 6.92 Å². The molecule has 0 fully saturated rings. The summed E-state index contributed by atoms with van der Waals surface area (Å²) in [5, 5.41) is 2.88. The molecule has 0 aliphatic rings. The molecular formula is C23H25N5O3S. The molecule has 0 radical (unpaired) electrons. The fourth-order valence-corrected chi connectivity index (χ4v) is 4.00. The van der Waals surface area contributed by atoms with E-state index in [-0.39, 0.29) is 22.2 Å². The van der Waals surface area contributed by atoms with Crippen molar-refractivity contribution in [3.8, 4) is 0 Å². The van der Waals surface area contributed by atoms with Gasteiger partial charge in [-0.05, 0) is 55.1 Å². The maximum atomic E-state index is 13.6. The van der Waals surface area contributed by atoms with Crippen molar-refractivity contribution < 1.29 is 14.4 Å². The minimum absolute atomic E-state index is 0.0578. The largest absolute Gasteiger partial charge is 0.395 e. The Morgan fingerprint density at radius 3 is 2.44 bits per heavy atom. The molecule has 2 aromatic carbocycles. The van der Waals surface area contributed by atoms with Crippen LogP contribution in [0.15, 0.2) is 48.5 Å². The minimum Gasteiger partial charge on any atom is -0.395 e. The number of carbonyl (C=O) groups is 3. The first-order valence-corrected chi connectivity index (χ1v) is 10.8. The van der Waals surface area contributed by atoms with E-state index in [0.29, 0.717) is 12.2 Å². The molecule has 1 unspecified atom stereocenters. The zero-order valence-corrected chi connectivity index (χ0v) is 18.9. The van der Waals surface area contributed by atoms with Crippen molar-refractivity contribution in [2.24, 2.45) is 5.73 Å². The summed E-state index contributed by atoms with van der Waals surface area (Å²) >= 11 is 0.786. The number of carbonyl (C=O) groups excluding carboxylic acids is 3. The first kappa shape index (κ1) is 23.0. The number of aryl methyl sites for hydroxylation is 2. The van der Waals surface area contributed by atoms with Crippen molar-refractivity contribution >= 4 is 40.6 Å². The first-order valence-electron chi connectivity index (χ1n) is 9.98. The Labute approximate surface area is 190 Å². The van der Waals surface area contributed by atoms with E-state index in [2.05, 4.69) is 9.69 Å². The van der Waals surface area contributed by atoms with Gasteiger partial charge in [0.2, 0.25) is 5.91 Å². The Balaban J connectivity index is 1.97. The number of anilines is 2. The number of nitrogens with two attached hydrogens (primary N) is 2. The second-order valence-electron chi connectivity index (χ2n) is 7.48. The molecule has 3 rings (SSSR count). The maximum absolute atomic E-state index is 13.6. The Hall–Kier alpha value is -3.72. The van der Waals surface area contributed by atoms with Gasteiger partial charge < -0.3 is 16.8 Å². The lowest BCUT2D eigenvalue weighted by atomic mass is 10.1. The van der Waals surface area contributed by atoms with Gasteiger partial charge in [-0.15, -0.1) is 0 Å². The van der Waals surface area contributed by atoms with Gasteiger partial charge in [-0.3, -0.25) is 19.3 Å². The lowest BCUT2D eigenvalue weighted by Gasteiger charge is -2.30. The van der Waals surface area contributed by atoms with E-state index < -0.39 is 17.9 Å². The summed E-state index contributed by atoms with van der Waals surface area (Å²) in [5.41, 5.74) is 14.3. The van der Waals surface area contributed by atoms with Crippen molar-refractivity contribution in [3.05, 3.63) is 75.8 Å². The Morgan fingerprint density at radius 1 is 1.12 bits per heavy atom. The van der Waals surface area contributed by atoms with Crippen molar-refractivity contribution in [3.63, 3.8) is 0 Å². The fourth-order valence-electron chi connectivity index (χ4n) is 3.26. The molecule has 1 atom stereocenters. The number of benzene rings is 2. The molecule has 1 aromatic heterocycles. The summed E-state index contributed by atoms with van der Waals surface area (Å²) in [7, 11) is 0. The standard InChI is InChI=1S/C23H25N5O3S/c1-13-9-10-14(2)17(11-13)28(23(31)20-18(24)19(21(25)29)27-32-20)15(3)22(30)26-12-16-7-5-4-6-8-16/h4-11,15H,12,24H2,1-3H3,(H2,25,29)(H,26,30). The maximum Gasteiger partial charge on any atom is 0.272 e. The summed E-state index contributed by atoms with van der Waals surface area (Å²) in [4.78, 5) is 39.6. The van der Waals surface area contributed by atoms with Gasteiger partial charge >= 0.3 is 0 Å². The van der Waals surface area contributed by atoms with Crippen LogP contribution >= 0.6 is 11.5 Å². The highest BCUT2D eigenvalue weighted by molar-refractivity contribution is 7.09. The average Bonchev–Trinajstić information content (AvgIpc) is 3.16. The number of hydrogen-bond acceptors (Lipinski definition) is 6. The summed E-state index contributed by atoms with van der Waals surface area (Å²) in [5.74, 6) is -1.67. The molecule has 0 saturated heterocycles. The number of primary amides is 1. The van der Waals surface area contributed by atoms with Crippen LogP contribution < -0.4 is 21.7 Å². The molecule has 3 aromatic rings. The number of nitrogens with one attached hydrogen (secondary N) is 1. The summed E-state index contributed by atoms with van der Waals surface area (Å²) in [6.45, 7) is 5.73. The molecule has 1 heterocycles. The third kappa shape index (κ3) is 4.78. The molecular weight excluding hydrogens is 426 g/mol. The van der Waals surface area contributed by atoms with Gasteiger partial charge in [-0.1, -0.05) is 42.5 Å². The van der Waals surface area contributed by atoms with Gasteiger partial charge in [0, 0.05) is 12.2 Å². The predicted octanol–water partition coefficient (Wildman–Crippen LogP) is 2.79. The van der Waals surface area contributed by atoms with E-state index in [1.807, 2.05) is 62.4 Å². The Kier molecular flexibility index (Phi) is 6.89. The molecule has 0 aliphatic carbocycles. The second-order valence-corrected chi connectivity index (χ2v) is 8.26. The number of nitrogen functional groups attached to an aromatic ring is 1. The van der Waals surface area contributed by atoms with Crippen molar-refractivity contribution in [2.75, 3.05) is 10.6 Å². The predicted molar refractivity (Wildman–Crippen MR) is 126 cm³/mol. The molecule has 0 spiro atoms. The number of aromatic nitrogens is 1. The zero-order chi connectivity index (χ0) is 23.4. The van der Waals surface area contributed by atoms with Crippen LogP contribution in [0.4, 0.5) is 11.4 Å². The highest BCUT2D eigenvalue weighted by Crippen LogP contribution is 2.30. The van der Waals surface area contributed by atoms with Crippen LogP contribution in [0.3, 0.4) is 0 Å². The Morgan fingerprint density at radius 2 is 1.81 bits per heavy atom. The molecule has 0 saturated carbocycles. The highest BCUT2D eigenvalue weighted by Gasteiger charge is 2.33. The number of amides is 3. The number of nitrogens with zero attached hydrogens (tertiary/aromatic N) is 2. The van der Waals surface area contributed by atoms with Crippen LogP contribution in [0.5, 0.6) is 0 Å². The lowest BCUT2D eigenvalue weighted by Crippen LogP contribution is -2.48. The van der Waals surface area contributed by atoms with Crippen molar-refractivity contribution in [2.45, 2.75) is 33.4 Å². The van der Waals surface area contributed by atoms with Crippen LogP contribution in [0.25, 0.3) is 0 Å². The van der Waals surface area contributed by atoms with Crippen molar-refractivity contribution in [1.82, 2.24) is 9.69 Å². The molecule has 5 N–H and O–H groups in total. The number of rotatable bonds is 7. The van der Waals surface area contributed by atoms with Crippen LogP contribution in [0, 0.1) is 13.8 Å².